The zero-order valence-corrected chi connectivity index (χ0v) is 12.4. The van der Waals surface area contributed by atoms with Crippen LogP contribution in [0, 0.1) is 11.6 Å². The number of rotatable bonds is 1. The van der Waals surface area contributed by atoms with Crippen LogP contribution < -0.4 is 10.1 Å². The minimum absolute atomic E-state index is 0.0428. The van der Waals surface area contributed by atoms with E-state index in [1.807, 2.05) is 0 Å². The number of hydrogen-bond donors (Lipinski definition) is 1. The Kier molecular flexibility index (Phi) is 3.56. The van der Waals surface area contributed by atoms with E-state index in [-0.39, 0.29) is 16.9 Å². The predicted octanol–water partition coefficient (Wildman–Crippen LogP) is 4.93. The summed E-state index contributed by atoms with van der Waals surface area (Å²) >= 11 is 9.03. The van der Waals surface area contributed by atoms with Gasteiger partial charge < -0.3 is 10.1 Å². The first kappa shape index (κ1) is 13.6. The number of hydrogen-bond acceptors (Lipinski definition) is 2. The fraction of sp³-hybridized carbons (Fsp3) is 0.143. The van der Waals surface area contributed by atoms with Gasteiger partial charge >= 0.3 is 0 Å². The second-order valence-corrected chi connectivity index (χ2v) is 5.68. The lowest BCUT2D eigenvalue weighted by atomic mass is 10.1. The first-order chi connectivity index (χ1) is 9.54. The molecule has 1 atom stereocenters. The summed E-state index contributed by atoms with van der Waals surface area (Å²) in [6.45, 7) is 0.485. The van der Waals surface area contributed by atoms with Crippen LogP contribution >= 0.6 is 27.5 Å². The fourth-order valence-electron chi connectivity index (χ4n) is 2.10. The van der Waals surface area contributed by atoms with Crippen molar-refractivity contribution in [1.29, 1.82) is 0 Å². The molecule has 2 nitrogen and oxygen atoms in total. The van der Waals surface area contributed by atoms with Crippen LogP contribution in [0.3, 0.4) is 0 Å². The molecule has 104 valence electrons. The number of ether oxygens (including phenoxy) is 1. The van der Waals surface area contributed by atoms with Gasteiger partial charge in [0.2, 0.25) is 0 Å². The van der Waals surface area contributed by atoms with Gasteiger partial charge in [-0.05, 0) is 18.2 Å². The third-order valence-electron chi connectivity index (χ3n) is 3.08. The molecule has 3 rings (SSSR count). The highest BCUT2D eigenvalue weighted by molar-refractivity contribution is 9.10. The topological polar surface area (TPSA) is 21.3 Å². The van der Waals surface area contributed by atoms with Crippen molar-refractivity contribution in [2.45, 2.75) is 6.10 Å². The zero-order chi connectivity index (χ0) is 14.3. The summed E-state index contributed by atoms with van der Waals surface area (Å²) in [6, 6.07) is 7.11. The third-order valence-corrected chi connectivity index (χ3v) is 4.06. The Morgan fingerprint density at radius 2 is 2.05 bits per heavy atom. The monoisotopic (exact) mass is 359 g/mol. The Bertz CT molecular complexity index is 680. The maximum Gasteiger partial charge on any atom is 0.146 e. The summed E-state index contributed by atoms with van der Waals surface area (Å²) in [7, 11) is 0. The van der Waals surface area contributed by atoms with Gasteiger partial charge in [-0.25, -0.2) is 8.78 Å². The van der Waals surface area contributed by atoms with Gasteiger partial charge in [-0.1, -0.05) is 33.6 Å². The second-order valence-electron chi connectivity index (χ2n) is 4.42. The van der Waals surface area contributed by atoms with E-state index in [0.717, 1.165) is 5.56 Å². The van der Waals surface area contributed by atoms with Gasteiger partial charge in [0, 0.05) is 16.1 Å². The highest BCUT2D eigenvalue weighted by Crippen LogP contribution is 2.38. The van der Waals surface area contributed by atoms with Gasteiger partial charge in [-0.2, -0.15) is 0 Å². The lowest BCUT2D eigenvalue weighted by molar-refractivity contribution is 0.208. The minimum Gasteiger partial charge on any atom is -0.482 e. The lowest BCUT2D eigenvalue weighted by Gasteiger charge is -2.28. The molecule has 0 aliphatic carbocycles. The molecule has 20 heavy (non-hydrogen) atoms. The van der Waals surface area contributed by atoms with Gasteiger partial charge in [0.05, 0.1) is 17.3 Å². The Labute approximate surface area is 127 Å². The second kappa shape index (κ2) is 5.22. The Hall–Kier alpha value is -1.33. The number of anilines is 1. The minimum atomic E-state index is -0.536. The zero-order valence-electron chi connectivity index (χ0n) is 10.1. The molecule has 0 aromatic heterocycles. The van der Waals surface area contributed by atoms with Gasteiger partial charge in [0.15, 0.2) is 0 Å². The smallest absolute Gasteiger partial charge is 0.146 e. The van der Waals surface area contributed by atoms with Crippen LogP contribution in [0.5, 0.6) is 5.75 Å². The van der Waals surface area contributed by atoms with E-state index in [4.69, 9.17) is 16.3 Å². The largest absolute Gasteiger partial charge is 0.482 e. The number of nitrogens with one attached hydrogen (secondary N) is 1. The molecule has 2 aromatic rings. The molecule has 0 spiro atoms. The average Bonchev–Trinajstić information content (AvgIpc) is 2.40. The summed E-state index contributed by atoms with van der Waals surface area (Å²) in [4.78, 5) is 0. The standard InChI is InChI=1S/C14H9BrClF2NO/c15-9-3-7(17)1-2-8(9)14-6-19-12-4-10(16)11(18)5-13(12)20-14/h1-5,14,19H,6H2. The molecule has 1 aliphatic heterocycles. The molecule has 0 radical (unpaired) electrons. The summed E-state index contributed by atoms with van der Waals surface area (Å²) in [5.74, 6) is -0.479. The molecule has 0 saturated heterocycles. The van der Waals surface area contributed by atoms with Gasteiger partial charge in [-0.3, -0.25) is 0 Å². The molecule has 2 aromatic carbocycles. The van der Waals surface area contributed by atoms with Crippen molar-refractivity contribution in [3.63, 3.8) is 0 Å². The van der Waals surface area contributed by atoms with Gasteiger partial charge in [0.25, 0.3) is 0 Å². The Morgan fingerprint density at radius 3 is 2.80 bits per heavy atom. The van der Waals surface area contributed by atoms with E-state index in [2.05, 4.69) is 21.2 Å². The summed E-state index contributed by atoms with van der Waals surface area (Å²) < 4.78 is 32.9. The van der Waals surface area contributed by atoms with Crippen LogP contribution in [0.1, 0.15) is 11.7 Å². The molecule has 0 saturated carbocycles. The first-order valence-electron chi connectivity index (χ1n) is 5.89. The molecule has 0 bridgehead atoms. The number of fused-ring (bicyclic) bond motifs is 1. The van der Waals surface area contributed by atoms with Crippen molar-refractivity contribution in [2.24, 2.45) is 0 Å². The Balaban J connectivity index is 1.93. The highest BCUT2D eigenvalue weighted by Gasteiger charge is 2.24. The van der Waals surface area contributed by atoms with Crippen LogP contribution in [0.15, 0.2) is 34.8 Å². The van der Waals surface area contributed by atoms with Gasteiger partial charge in [-0.15, -0.1) is 0 Å². The summed E-state index contributed by atoms with van der Waals surface area (Å²) in [5, 5.41) is 3.17. The van der Waals surface area contributed by atoms with Crippen molar-refractivity contribution in [3.8, 4) is 5.75 Å². The van der Waals surface area contributed by atoms with E-state index in [1.54, 1.807) is 6.07 Å². The molecule has 0 fully saturated rings. The third kappa shape index (κ3) is 2.47. The van der Waals surface area contributed by atoms with Crippen molar-refractivity contribution in [1.82, 2.24) is 0 Å². The average molecular weight is 361 g/mol. The molecule has 1 aliphatic rings. The van der Waals surface area contributed by atoms with E-state index < -0.39 is 5.82 Å². The van der Waals surface area contributed by atoms with E-state index in [0.29, 0.717) is 22.5 Å². The maximum absolute atomic E-state index is 13.5. The fourth-order valence-corrected chi connectivity index (χ4v) is 2.87. The van der Waals surface area contributed by atoms with Crippen LogP contribution in [0.2, 0.25) is 5.02 Å². The summed E-state index contributed by atoms with van der Waals surface area (Å²) in [5.41, 5.74) is 1.44. The SMILES string of the molecule is Fc1ccc(C2CNc3cc(Cl)c(F)cc3O2)c(Br)c1. The molecular weight excluding hydrogens is 352 g/mol. The molecule has 1 unspecified atom stereocenters. The quantitative estimate of drug-likeness (QED) is 0.779. The van der Waals surface area contributed by atoms with Crippen molar-refractivity contribution in [3.05, 3.63) is 57.0 Å². The van der Waals surface area contributed by atoms with Crippen LogP contribution in [0.25, 0.3) is 0 Å². The van der Waals surface area contributed by atoms with Crippen LogP contribution in [-0.2, 0) is 0 Å². The predicted molar refractivity (Wildman–Crippen MR) is 77.4 cm³/mol. The normalized spacial score (nSPS) is 17.1. The molecule has 0 amide bonds. The molecule has 1 heterocycles. The highest BCUT2D eigenvalue weighted by atomic mass is 79.9. The molecular formula is C14H9BrClF2NO. The van der Waals surface area contributed by atoms with Crippen LogP contribution in [0.4, 0.5) is 14.5 Å². The number of halogens is 4. The van der Waals surface area contributed by atoms with Crippen molar-refractivity contribution in [2.75, 3.05) is 11.9 Å². The van der Waals surface area contributed by atoms with Crippen LogP contribution in [-0.4, -0.2) is 6.54 Å². The van der Waals surface area contributed by atoms with E-state index in [1.165, 1.54) is 24.3 Å². The van der Waals surface area contributed by atoms with E-state index >= 15 is 0 Å². The number of benzene rings is 2. The van der Waals surface area contributed by atoms with Crippen molar-refractivity contribution < 1.29 is 13.5 Å². The first-order valence-corrected chi connectivity index (χ1v) is 7.06. The van der Waals surface area contributed by atoms with E-state index in [9.17, 15) is 8.78 Å². The van der Waals surface area contributed by atoms with Crippen molar-refractivity contribution >= 4 is 33.2 Å². The summed E-state index contributed by atoms with van der Waals surface area (Å²) in [6.07, 6.45) is -0.335. The lowest BCUT2D eigenvalue weighted by Crippen LogP contribution is -2.24. The maximum atomic E-state index is 13.5. The molecule has 6 heteroatoms. The Morgan fingerprint density at radius 1 is 1.25 bits per heavy atom. The van der Waals surface area contributed by atoms with Gasteiger partial charge in [0.1, 0.15) is 23.5 Å². The molecule has 1 N–H and O–H groups in total.